The van der Waals surface area contributed by atoms with E-state index >= 15 is 0 Å². The summed E-state index contributed by atoms with van der Waals surface area (Å²) in [6.45, 7) is 6.07. The van der Waals surface area contributed by atoms with Gasteiger partial charge in [-0.2, -0.15) is 0 Å². The number of nitrogens with zero attached hydrogens (tertiary/aromatic N) is 2. The van der Waals surface area contributed by atoms with Gasteiger partial charge in [-0.05, 0) is 31.0 Å². The molecule has 29 heavy (non-hydrogen) atoms. The lowest BCUT2D eigenvalue weighted by molar-refractivity contribution is -0.132. The van der Waals surface area contributed by atoms with Crippen molar-refractivity contribution in [2.75, 3.05) is 6.54 Å². The quantitative estimate of drug-likeness (QED) is 0.252. The third kappa shape index (κ3) is 5.08. The summed E-state index contributed by atoms with van der Waals surface area (Å²) >= 11 is 3.57. The number of benzene rings is 1. The Balaban J connectivity index is 1.60. The van der Waals surface area contributed by atoms with E-state index in [2.05, 4.69) is 45.3 Å². The van der Waals surface area contributed by atoms with Gasteiger partial charge in [-0.3, -0.25) is 14.8 Å². The highest BCUT2D eigenvalue weighted by atomic mass is 79.9. The summed E-state index contributed by atoms with van der Waals surface area (Å²) in [5.41, 5.74) is 5.39. The molecule has 1 aliphatic heterocycles. The summed E-state index contributed by atoms with van der Waals surface area (Å²) in [5, 5.41) is 9.68. The molecule has 0 saturated carbocycles. The van der Waals surface area contributed by atoms with Crippen LogP contribution in [0.15, 0.2) is 35.3 Å². The minimum Gasteiger partial charge on any atom is -0.340 e. The Hall–Kier alpha value is -2.12. The molecule has 0 radical (unpaired) electrons. The largest absolute Gasteiger partial charge is 0.340 e. The van der Waals surface area contributed by atoms with Crippen molar-refractivity contribution in [2.45, 2.75) is 58.0 Å². The Bertz CT molecular complexity index is 906. The summed E-state index contributed by atoms with van der Waals surface area (Å²) in [4.78, 5) is 25.7. The number of aromatic nitrogens is 1. The molecule has 1 aliphatic rings. The van der Waals surface area contributed by atoms with Gasteiger partial charge in [-0.25, -0.2) is 5.48 Å². The normalized spacial score (nSPS) is 13.4. The molecule has 0 spiro atoms. The highest BCUT2D eigenvalue weighted by Gasteiger charge is 2.26. The molecule has 0 bridgehead atoms. The van der Waals surface area contributed by atoms with Crippen LogP contribution in [0.5, 0.6) is 0 Å². The van der Waals surface area contributed by atoms with E-state index in [0.717, 1.165) is 49.7 Å². The number of hydroxylamine groups is 1. The van der Waals surface area contributed by atoms with E-state index in [9.17, 15) is 9.59 Å². The van der Waals surface area contributed by atoms with Crippen LogP contribution in [-0.2, 0) is 29.1 Å². The van der Waals surface area contributed by atoms with Crippen molar-refractivity contribution >= 4 is 38.6 Å². The van der Waals surface area contributed by atoms with Gasteiger partial charge in [0.15, 0.2) is 0 Å². The summed E-state index contributed by atoms with van der Waals surface area (Å²) < 4.78 is 3.36. The number of halogens is 1. The number of carbonyl (C=O) groups is 2. The molecule has 0 fully saturated rings. The second-order valence-corrected chi connectivity index (χ2v) is 8.42. The average Bonchev–Trinajstić information content (AvgIpc) is 3.02. The van der Waals surface area contributed by atoms with Crippen LogP contribution in [0.2, 0.25) is 0 Å². The van der Waals surface area contributed by atoms with Crippen molar-refractivity contribution in [3.05, 3.63) is 46.6 Å². The number of hydrogen-bond acceptors (Lipinski definition) is 3. The Morgan fingerprint density at radius 1 is 1.21 bits per heavy atom. The van der Waals surface area contributed by atoms with Crippen LogP contribution >= 0.6 is 15.9 Å². The zero-order valence-corrected chi connectivity index (χ0v) is 18.2. The first-order valence-corrected chi connectivity index (χ1v) is 11.0. The molecule has 2 amide bonds. The van der Waals surface area contributed by atoms with Crippen molar-refractivity contribution in [1.29, 1.82) is 0 Å². The SMILES string of the molecule is C=CCn1c2c(c3cc(Br)ccc31)CN(C(=O)CCCCCCC(=O)NO)CC2. The van der Waals surface area contributed by atoms with Gasteiger partial charge < -0.3 is 9.47 Å². The first kappa shape index (κ1) is 21.6. The maximum atomic E-state index is 12.7. The van der Waals surface area contributed by atoms with Gasteiger partial charge in [0.05, 0.1) is 0 Å². The smallest absolute Gasteiger partial charge is 0.243 e. The van der Waals surface area contributed by atoms with Crippen LogP contribution in [0, 0.1) is 0 Å². The summed E-state index contributed by atoms with van der Waals surface area (Å²) in [7, 11) is 0. The molecule has 7 heteroatoms. The number of carbonyl (C=O) groups excluding carboxylic acids is 2. The van der Waals surface area contributed by atoms with Gasteiger partial charge >= 0.3 is 0 Å². The van der Waals surface area contributed by atoms with E-state index in [1.807, 2.05) is 11.0 Å². The summed E-state index contributed by atoms with van der Waals surface area (Å²) in [6, 6.07) is 6.33. The van der Waals surface area contributed by atoms with Crippen molar-refractivity contribution in [3.8, 4) is 0 Å². The molecule has 2 heterocycles. The molecule has 3 rings (SSSR count). The van der Waals surface area contributed by atoms with Crippen molar-refractivity contribution in [3.63, 3.8) is 0 Å². The molecule has 0 saturated heterocycles. The molecule has 2 aromatic rings. The number of allylic oxidation sites excluding steroid dienone is 1. The van der Waals surface area contributed by atoms with Gasteiger partial charge in [0.2, 0.25) is 11.8 Å². The Morgan fingerprint density at radius 2 is 1.97 bits per heavy atom. The summed E-state index contributed by atoms with van der Waals surface area (Å²) in [6.07, 6.45) is 6.99. The molecule has 0 unspecified atom stereocenters. The third-order valence-corrected chi connectivity index (χ3v) is 6.04. The third-order valence-electron chi connectivity index (χ3n) is 5.55. The Morgan fingerprint density at radius 3 is 2.69 bits per heavy atom. The van der Waals surface area contributed by atoms with Crippen molar-refractivity contribution in [2.24, 2.45) is 0 Å². The van der Waals surface area contributed by atoms with E-state index in [-0.39, 0.29) is 11.8 Å². The van der Waals surface area contributed by atoms with Crippen LogP contribution in [-0.4, -0.2) is 33.0 Å². The first-order valence-electron chi connectivity index (χ1n) is 10.2. The van der Waals surface area contributed by atoms with Gasteiger partial charge in [0, 0.05) is 65.5 Å². The molecular weight excluding hydrogens is 434 g/mol. The van der Waals surface area contributed by atoms with Gasteiger partial charge in [-0.15, -0.1) is 6.58 Å². The first-order chi connectivity index (χ1) is 14.0. The molecular formula is C22H28BrN3O3. The van der Waals surface area contributed by atoms with Crippen LogP contribution in [0.4, 0.5) is 0 Å². The molecule has 1 aromatic carbocycles. The highest BCUT2D eigenvalue weighted by molar-refractivity contribution is 9.10. The fraction of sp³-hybridized carbons (Fsp3) is 0.455. The lowest BCUT2D eigenvalue weighted by atomic mass is 10.0. The number of nitrogens with one attached hydrogen (secondary N) is 1. The maximum absolute atomic E-state index is 12.7. The monoisotopic (exact) mass is 461 g/mol. The van der Waals surface area contributed by atoms with Gasteiger partial charge in [0.1, 0.15) is 0 Å². The standard InChI is InChI=1S/C22H28BrN3O3/c1-2-12-26-19-10-9-16(23)14-17(19)18-15-25(13-11-20(18)26)22(28)8-6-4-3-5-7-21(27)24-29/h2,9-10,14,29H,1,3-8,11-13,15H2,(H,24,27). The lowest BCUT2D eigenvalue weighted by Gasteiger charge is -2.28. The van der Waals surface area contributed by atoms with E-state index < -0.39 is 0 Å². The zero-order valence-electron chi connectivity index (χ0n) is 16.6. The van der Waals surface area contributed by atoms with Crippen LogP contribution in [0.1, 0.15) is 49.8 Å². The minimum atomic E-state index is -0.354. The Kier molecular flexibility index (Phi) is 7.50. The number of rotatable bonds is 9. The number of amides is 2. The predicted octanol–water partition coefficient (Wildman–Crippen LogP) is 4.32. The van der Waals surface area contributed by atoms with Gasteiger partial charge in [-0.1, -0.05) is 34.8 Å². The van der Waals surface area contributed by atoms with E-state index in [4.69, 9.17) is 5.21 Å². The van der Waals surface area contributed by atoms with Crippen LogP contribution < -0.4 is 5.48 Å². The average molecular weight is 462 g/mol. The topological polar surface area (TPSA) is 74.6 Å². The van der Waals surface area contributed by atoms with Crippen molar-refractivity contribution in [1.82, 2.24) is 14.9 Å². The zero-order chi connectivity index (χ0) is 20.8. The lowest BCUT2D eigenvalue weighted by Crippen LogP contribution is -2.36. The van der Waals surface area contributed by atoms with Crippen molar-refractivity contribution < 1.29 is 14.8 Å². The second kappa shape index (κ2) is 10.1. The fourth-order valence-electron chi connectivity index (χ4n) is 4.10. The number of unbranched alkanes of at least 4 members (excludes halogenated alkanes) is 3. The van der Waals surface area contributed by atoms with E-state index in [1.54, 1.807) is 5.48 Å². The Labute approximate surface area is 179 Å². The molecule has 156 valence electrons. The number of fused-ring (bicyclic) bond motifs is 3. The van der Waals surface area contributed by atoms with Gasteiger partial charge in [0.25, 0.3) is 0 Å². The molecule has 2 N–H and O–H groups in total. The molecule has 0 atom stereocenters. The molecule has 6 nitrogen and oxygen atoms in total. The number of hydrogen-bond donors (Lipinski definition) is 2. The summed E-state index contributed by atoms with van der Waals surface area (Å²) in [5.74, 6) is -0.157. The predicted molar refractivity (Wildman–Crippen MR) is 117 cm³/mol. The molecule has 1 aromatic heterocycles. The van der Waals surface area contributed by atoms with E-state index in [1.165, 1.54) is 22.2 Å². The fourth-order valence-corrected chi connectivity index (χ4v) is 4.46. The van der Waals surface area contributed by atoms with E-state index in [0.29, 0.717) is 19.4 Å². The highest BCUT2D eigenvalue weighted by Crippen LogP contribution is 2.33. The second-order valence-electron chi connectivity index (χ2n) is 7.50. The maximum Gasteiger partial charge on any atom is 0.243 e. The van der Waals surface area contributed by atoms with Crippen LogP contribution in [0.25, 0.3) is 10.9 Å². The van der Waals surface area contributed by atoms with Crippen LogP contribution in [0.3, 0.4) is 0 Å². The molecule has 0 aliphatic carbocycles. The minimum absolute atomic E-state index is 0.198.